The van der Waals surface area contributed by atoms with Crippen LogP contribution in [0.1, 0.15) is 37.7 Å². The molecule has 3 aromatic rings. The monoisotopic (exact) mass is 318 g/mol. The lowest BCUT2D eigenvalue weighted by atomic mass is 10.3. The van der Waals surface area contributed by atoms with Crippen molar-refractivity contribution in [3.8, 4) is 5.75 Å². The van der Waals surface area contributed by atoms with Crippen LogP contribution in [0, 0.1) is 0 Å². The van der Waals surface area contributed by atoms with Gasteiger partial charge in [-0.15, -0.1) is 0 Å². The van der Waals surface area contributed by atoms with Crippen molar-refractivity contribution in [2.75, 3.05) is 6.61 Å². The van der Waals surface area contributed by atoms with Crippen LogP contribution in [0.15, 0.2) is 27.9 Å². The molecule has 0 aliphatic carbocycles. The minimum Gasteiger partial charge on any atom is -0.494 e. The van der Waals surface area contributed by atoms with Gasteiger partial charge in [0.05, 0.1) is 22.9 Å². The van der Waals surface area contributed by atoms with Crippen molar-refractivity contribution in [1.82, 2.24) is 20.1 Å². The van der Waals surface area contributed by atoms with E-state index in [-0.39, 0.29) is 5.25 Å². The number of imidazole rings is 1. The maximum absolute atomic E-state index is 5.50. The molecule has 0 amide bonds. The van der Waals surface area contributed by atoms with E-state index in [9.17, 15) is 0 Å². The molecule has 1 atom stereocenters. The third-order valence-electron chi connectivity index (χ3n) is 3.18. The zero-order valence-corrected chi connectivity index (χ0v) is 13.6. The van der Waals surface area contributed by atoms with E-state index in [2.05, 4.69) is 20.1 Å². The number of aromatic nitrogens is 4. The minimum atomic E-state index is 0.0414. The predicted octanol–water partition coefficient (Wildman–Crippen LogP) is 3.76. The Balaban J connectivity index is 1.78. The highest BCUT2D eigenvalue weighted by Gasteiger charge is 2.17. The second-order valence-electron chi connectivity index (χ2n) is 4.82. The zero-order valence-electron chi connectivity index (χ0n) is 12.8. The van der Waals surface area contributed by atoms with E-state index >= 15 is 0 Å². The van der Waals surface area contributed by atoms with E-state index in [1.54, 1.807) is 11.8 Å². The number of rotatable bonds is 6. The number of hydrogen-bond donors (Lipinski definition) is 1. The van der Waals surface area contributed by atoms with Gasteiger partial charge in [0, 0.05) is 12.5 Å². The van der Waals surface area contributed by atoms with E-state index in [0.717, 1.165) is 34.2 Å². The predicted molar refractivity (Wildman–Crippen MR) is 85.2 cm³/mol. The summed E-state index contributed by atoms with van der Waals surface area (Å²) in [5, 5.41) is 4.79. The Morgan fingerprint density at radius 1 is 1.32 bits per heavy atom. The highest BCUT2D eigenvalue weighted by atomic mass is 32.2. The van der Waals surface area contributed by atoms with Crippen molar-refractivity contribution in [2.45, 2.75) is 37.6 Å². The molecule has 116 valence electrons. The zero-order chi connectivity index (χ0) is 15.5. The summed E-state index contributed by atoms with van der Waals surface area (Å²) in [6.45, 7) is 6.64. The van der Waals surface area contributed by atoms with Gasteiger partial charge >= 0.3 is 0 Å². The number of nitrogens with one attached hydrogen (secondary N) is 1. The van der Waals surface area contributed by atoms with Gasteiger partial charge in [-0.2, -0.15) is 4.98 Å². The van der Waals surface area contributed by atoms with Crippen LogP contribution >= 0.6 is 11.8 Å². The number of H-pyrrole nitrogens is 1. The van der Waals surface area contributed by atoms with Crippen molar-refractivity contribution >= 4 is 22.8 Å². The number of thioether (sulfide) groups is 1. The Labute approximate surface area is 132 Å². The second-order valence-corrected chi connectivity index (χ2v) is 6.15. The molecule has 3 rings (SSSR count). The molecule has 22 heavy (non-hydrogen) atoms. The highest BCUT2D eigenvalue weighted by molar-refractivity contribution is 7.99. The Hall–Kier alpha value is -2.02. The van der Waals surface area contributed by atoms with Crippen LogP contribution in [0.25, 0.3) is 11.0 Å². The second kappa shape index (κ2) is 6.39. The van der Waals surface area contributed by atoms with Gasteiger partial charge in [-0.3, -0.25) is 0 Å². The molecule has 0 aliphatic rings. The topological polar surface area (TPSA) is 76.8 Å². The van der Waals surface area contributed by atoms with Crippen molar-refractivity contribution in [2.24, 2.45) is 0 Å². The summed E-state index contributed by atoms with van der Waals surface area (Å²) < 4.78 is 10.8. The van der Waals surface area contributed by atoms with Gasteiger partial charge in [-0.05, 0) is 26.0 Å². The van der Waals surface area contributed by atoms with Crippen molar-refractivity contribution in [3.63, 3.8) is 0 Å². The lowest BCUT2D eigenvalue weighted by Crippen LogP contribution is -1.90. The van der Waals surface area contributed by atoms with Crippen LogP contribution in [0.3, 0.4) is 0 Å². The number of aryl methyl sites for hydroxylation is 1. The number of hydrogen-bond acceptors (Lipinski definition) is 6. The van der Waals surface area contributed by atoms with Gasteiger partial charge in [0.25, 0.3) is 0 Å². The summed E-state index contributed by atoms with van der Waals surface area (Å²) in [4.78, 5) is 12.2. The fraction of sp³-hybridized carbons (Fsp3) is 0.400. The molecule has 0 fully saturated rings. The van der Waals surface area contributed by atoms with Crippen molar-refractivity contribution in [3.05, 3.63) is 29.9 Å². The van der Waals surface area contributed by atoms with Gasteiger partial charge in [-0.25, -0.2) is 4.98 Å². The minimum absolute atomic E-state index is 0.0414. The first-order valence-electron chi connectivity index (χ1n) is 7.31. The van der Waals surface area contributed by atoms with E-state index in [1.165, 1.54) is 0 Å². The average Bonchev–Trinajstić information content (AvgIpc) is 3.12. The fourth-order valence-corrected chi connectivity index (χ4v) is 2.92. The van der Waals surface area contributed by atoms with E-state index in [1.807, 2.05) is 39.0 Å². The van der Waals surface area contributed by atoms with Gasteiger partial charge in [-0.1, -0.05) is 23.8 Å². The van der Waals surface area contributed by atoms with Crippen LogP contribution in [-0.4, -0.2) is 26.7 Å². The number of nitrogens with zero attached hydrogens (tertiary/aromatic N) is 3. The van der Waals surface area contributed by atoms with Crippen LogP contribution in [0.5, 0.6) is 5.75 Å². The Morgan fingerprint density at radius 3 is 2.91 bits per heavy atom. The molecule has 1 unspecified atom stereocenters. The lowest BCUT2D eigenvalue weighted by Gasteiger charge is -2.02. The normalized spacial score (nSPS) is 12.7. The molecule has 0 spiro atoms. The summed E-state index contributed by atoms with van der Waals surface area (Å²) in [6, 6.07) is 5.84. The molecule has 6 nitrogen and oxygen atoms in total. The maximum atomic E-state index is 5.50. The fourth-order valence-electron chi connectivity index (χ4n) is 2.07. The highest BCUT2D eigenvalue weighted by Crippen LogP contribution is 2.33. The molecule has 2 aromatic heterocycles. The molecular formula is C15H18N4O2S. The smallest absolute Gasteiger partial charge is 0.239 e. The summed E-state index contributed by atoms with van der Waals surface area (Å²) in [5.74, 6) is 2.19. The SMILES string of the molecule is CCOc1ccc2nc(SC(C)c3nc(CC)no3)[nH]c2c1. The number of aromatic amines is 1. The molecule has 0 bridgehead atoms. The molecule has 0 radical (unpaired) electrons. The molecule has 2 heterocycles. The number of benzene rings is 1. The number of fused-ring (bicyclic) bond motifs is 1. The van der Waals surface area contributed by atoms with E-state index in [4.69, 9.17) is 9.26 Å². The third-order valence-corrected chi connectivity index (χ3v) is 4.15. The molecule has 7 heteroatoms. The first-order chi connectivity index (χ1) is 10.7. The Bertz CT molecular complexity index is 768. The number of ether oxygens (including phenoxy) is 1. The molecule has 0 saturated carbocycles. The maximum Gasteiger partial charge on any atom is 0.239 e. The largest absolute Gasteiger partial charge is 0.494 e. The summed E-state index contributed by atoms with van der Waals surface area (Å²) in [5.41, 5.74) is 1.87. The van der Waals surface area contributed by atoms with Crippen molar-refractivity contribution < 1.29 is 9.26 Å². The summed E-state index contributed by atoms with van der Waals surface area (Å²) in [6.07, 6.45) is 0.770. The Morgan fingerprint density at radius 2 is 2.18 bits per heavy atom. The van der Waals surface area contributed by atoms with Gasteiger partial charge < -0.3 is 14.2 Å². The molecule has 0 aliphatic heterocycles. The van der Waals surface area contributed by atoms with Gasteiger partial charge in [0.15, 0.2) is 11.0 Å². The van der Waals surface area contributed by atoms with Crippen LogP contribution in [0.4, 0.5) is 0 Å². The molecule has 1 aromatic carbocycles. The van der Waals surface area contributed by atoms with Gasteiger partial charge in [0.2, 0.25) is 5.89 Å². The van der Waals surface area contributed by atoms with Gasteiger partial charge in [0.1, 0.15) is 5.75 Å². The molecule has 0 saturated heterocycles. The van der Waals surface area contributed by atoms with Crippen LogP contribution < -0.4 is 4.74 Å². The molecule has 1 N–H and O–H groups in total. The first kappa shape index (κ1) is 14.9. The molecular weight excluding hydrogens is 300 g/mol. The van der Waals surface area contributed by atoms with Crippen LogP contribution in [0.2, 0.25) is 0 Å². The quantitative estimate of drug-likeness (QED) is 0.697. The third kappa shape index (κ3) is 3.09. The van der Waals surface area contributed by atoms with E-state index in [0.29, 0.717) is 12.5 Å². The lowest BCUT2D eigenvalue weighted by molar-refractivity contribution is 0.340. The summed E-state index contributed by atoms with van der Waals surface area (Å²) in [7, 11) is 0. The van der Waals surface area contributed by atoms with E-state index < -0.39 is 0 Å². The standard InChI is InChI=1S/C15H18N4O2S/c1-4-13-18-14(21-19-13)9(3)22-15-16-11-7-6-10(20-5-2)8-12(11)17-15/h6-9H,4-5H2,1-3H3,(H,16,17). The Kier molecular flexibility index (Phi) is 4.33. The average molecular weight is 318 g/mol. The van der Waals surface area contributed by atoms with Crippen molar-refractivity contribution in [1.29, 1.82) is 0 Å². The first-order valence-corrected chi connectivity index (χ1v) is 8.19. The summed E-state index contributed by atoms with van der Waals surface area (Å²) >= 11 is 1.56. The van der Waals surface area contributed by atoms with Crippen LogP contribution in [-0.2, 0) is 6.42 Å².